The molecule has 4 nitrogen and oxygen atoms in total. The molecule has 0 heterocycles. The Morgan fingerprint density at radius 2 is 1.67 bits per heavy atom. The van der Waals surface area contributed by atoms with E-state index in [2.05, 4.69) is 5.32 Å². The van der Waals surface area contributed by atoms with Gasteiger partial charge in [-0.3, -0.25) is 9.59 Å². The van der Waals surface area contributed by atoms with Gasteiger partial charge in [-0.05, 0) is 19.3 Å². The predicted octanol–water partition coefficient (Wildman–Crippen LogP) is 2.31. The molecule has 1 N–H and O–H groups in total. The van der Waals surface area contributed by atoms with Crippen LogP contribution in [0.15, 0.2) is 0 Å². The second kappa shape index (κ2) is 6.32. The highest BCUT2D eigenvalue weighted by molar-refractivity contribution is 5.89. The summed E-state index contributed by atoms with van der Waals surface area (Å²) < 4.78 is 5.22. The maximum Gasteiger partial charge on any atom is 0.223 e. The Labute approximate surface area is 110 Å². The lowest BCUT2D eigenvalue weighted by atomic mass is 9.83. The van der Waals surface area contributed by atoms with Crippen LogP contribution < -0.4 is 5.32 Å². The number of carbonyl (C=O) groups is 2. The molecule has 0 bridgehead atoms. The van der Waals surface area contributed by atoms with Crippen LogP contribution in [0.1, 0.15) is 54.4 Å². The number of hydrogen-bond acceptors (Lipinski definition) is 3. The minimum absolute atomic E-state index is 0.0612. The van der Waals surface area contributed by atoms with Crippen molar-refractivity contribution in [2.75, 3.05) is 7.11 Å². The van der Waals surface area contributed by atoms with Crippen molar-refractivity contribution in [3.63, 3.8) is 0 Å². The van der Waals surface area contributed by atoms with E-state index in [-0.39, 0.29) is 23.5 Å². The molecule has 1 unspecified atom stereocenters. The van der Waals surface area contributed by atoms with Crippen molar-refractivity contribution < 1.29 is 14.3 Å². The fourth-order valence-corrected chi connectivity index (χ4v) is 1.65. The van der Waals surface area contributed by atoms with E-state index in [4.69, 9.17) is 4.74 Å². The second-order valence-corrected chi connectivity index (χ2v) is 6.33. The number of nitrogens with one attached hydrogen (secondary N) is 1. The molecule has 4 heteroatoms. The smallest absolute Gasteiger partial charge is 0.223 e. The van der Waals surface area contributed by atoms with Gasteiger partial charge in [-0.2, -0.15) is 0 Å². The van der Waals surface area contributed by atoms with Gasteiger partial charge in [-0.15, -0.1) is 0 Å². The molecule has 0 spiro atoms. The molecular formula is C14H27NO3. The average molecular weight is 257 g/mol. The maximum atomic E-state index is 12.0. The summed E-state index contributed by atoms with van der Waals surface area (Å²) in [4.78, 5) is 23.8. The van der Waals surface area contributed by atoms with Crippen LogP contribution in [0.5, 0.6) is 0 Å². The number of rotatable bonds is 6. The summed E-state index contributed by atoms with van der Waals surface area (Å²) in [5.41, 5.74) is -0.790. The number of hydrogen-bond donors (Lipinski definition) is 1. The van der Waals surface area contributed by atoms with E-state index in [0.717, 1.165) is 0 Å². The van der Waals surface area contributed by atoms with Gasteiger partial charge in [0, 0.05) is 13.5 Å². The van der Waals surface area contributed by atoms with Crippen molar-refractivity contribution in [3.05, 3.63) is 0 Å². The number of methoxy groups -OCH3 is 1. The van der Waals surface area contributed by atoms with Crippen molar-refractivity contribution in [1.29, 1.82) is 0 Å². The molecule has 0 aliphatic rings. The highest BCUT2D eigenvalue weighted by Crippen LogP contribution is 2.22. The lowest BCUT2D eigenvalue weighted by Gasteiger charge is -2.31. The molecule has 0 fully saturated rings. The third-order valence-electron chi connectivity index (χ3n) is 2.98. The molecule has 0 aromatic rings. The van der Waals surface area contributed by atoms with Crippen LogP contribution in [0, 0.1) is 5.41 Å². The number of ether oxygens (including phenoxy) is 1. The predicted molar refractivity (Wildman–Crippen MR) is 72.4 cm³/mol. The molecule has 0 rings (SSSR count). The molecule has 0 aliphatic heterocycles. The maximum absolute atomic E-state index is 12.0. The summed E-state index contributed by atoms with van der Waals surface area (Å²) in [6, 6.07) is -0.442. The first kappa shape index (κ1) is 17.1. The molecule has 0 aromatic carbocycles. The van der Waals surface area contributed by atoms with E-state index in [1.807, 2.05) is 41.5 Å². The van der Waals surface area contributed by atoms with Crippen LogP contribution >= 0.6 is 0 Å². The Morgan fingerprint density at radius 3 is 2.00 bits per heavy atom. The topological polar surface area (TPSA) is 55.4 Å². The zero-order chi connectivity index (χ0) is 14.6. The van der Waals surface area contributed by atoms with Gasteiger partial charge in [0.25, 0.3) is 0 Å². The fraction of sp³-hybridized carbons (Fsp3) is 0.857. The number of amides is 1. The molecule has 1 atom stereocenters. The van der Waals surface area contributed by atoms with E-state index in [0.29, 0.717) is 6.42 Å². The summed E-state index contributed by atoms with van der Waals surface area (Å²) in [5, 5.41) is 2.83. The van der Waals surface area contributed by atoms with E-state index >= 15 is 0 Å². The lowest BCUT2D eigenvalue weighted by molar-refractivity contribution is -0.133. The van der Waals surface area contributed by atoms with Gasteiger partial charge < -0.3 is 10.1 Å². The van der Waals surface area contributed by atoms with E-state index in [9.17, 15) is 9.59 Å². The van der Waals surface area contributed by atoms with Gasteiger partial charge in [0.05, 0.1) is 18.1 Å². The Kier molecular flexibility index (Phi) is 6.00. The molecular weight excluding hydrogens is 230 g/mol. The summed E-state index contributed by atoms with van der Waals surface area (Å²) in [7, 11) is 1.58. The van der Waals surface area contributed by atoms with Gasteiger partial charge in [0.1, 0.15) is 0 Å². The van der Waals surface area contributed by atoms with Gasteiger partial charge in [-0.1, -0.05) is 27.7 Å². The zero-order valence-corrected chi connectivity index (χ0v) is 12.7. The van der Waals surface area contributed by atoms with Crippen LogP contribution in [0.2, 0.25) is 0 Å². The number of ketones is 1. The van der Waals surface area contributed by atoms with Crippen molar-refractivity contribution in [2.24, 2.45) is 5.41 Å². The first-order valence-corrected chi connectivity index (χ1v) is 6.40. The summed E-state index contributed by atoms with van der Waals surface area (Å²) in [6.45, 7) is 11.4. The molecule has 0 radical (unpaired) electrons. The Balaban J connectivity index is 4.71. The average Bonchev–Trinajstić information content (AvgIpc) is 2.22. The Morgan fingerprint density at radius 1 is 1.17 bits per heavy atom. The summed E-state index contributed by atoms with van der Waals surface area (Å²) in [5.74, 6) is -0.0883. The summed E-state index contributed by atoms with van der Waals surface area (Å²) >= 11 is 0. The first-order valence-electron chi connectivity index (χ1n) is 6.40. The minimum Gasteiger partial charge on any atom is -0.378 e. The van der Waals surface area contributed by atoms with Crippen molar-refractivity contribution in [1.82, 2.24) is 5.32 Å². The first-order chi connectivity index (χ1) is 8.03. The number of Topliss-reactive ketones (excluding diaryl/α,β-unsaturated/α-hetero) is 1. The van der Waals surface area contributed by atoms with Crippen LogP contribution in [-0.4, -0.2) is 30.4 Å². The molecule has 1 amide bonds. The second-order valence-electron chi connectivity index (χ2n) is 6.33. The molecule has 0 saturated heterocycles. The molecule has 0 saturated carbocycles. The fourth-order valence-electron chi connectivity index (χ4n) is 1.65. The number of carbonyl (C=O) groups excluding carboxylic acids is 2. The van der Waals surface area contributed by atoms with Crippen LogP contribution in [0.4, 0.5) is 0 Å². The lowest BCUT2D eigenvalue weighted by Crippen LogP contribution is -2.50. The van der Waals surface area contributed by atoms with Gasteiger partial charge in [-0.25, -0.2) is 0 Å². The van der Waals surface area contributed by atoms with E-state index < -0.39 is 11.6 Å². The van der Waals surface area contributed by atoms with Gasteiger partial charge in [0.2, 0.25) is 5.91 Å². The SMILES string of the molecule is CCC(=O)C(NC(=O)CC(C)(C)OC)C(C)(C)C. The largest absolute Gasteiger partial charge is 0.378 e. The Hall–Kier alpha value is -0.900. The van der Waals surface area contributed by atoms with Crippen LogP contribution in [-0.2, 0) is 14.3 Å². The van der Waals surface area contributed by atoms with Crippen LogP contribution in [0.3, 0.4) is 0 Å². The van der Waals surface area contributed by atoms with E-state index in [1.54, 1.807) is 7.11 Å². The van der Waals surface area contributed by atoms with Crippen molar-refractivity contribution >= 4 is 11.7 Å². The van der Waals surface area contributed by atoms with Crippen molar-refractivity contribution in [2.45, 2.75) is 66.0 Å². The monoisotopic (exact) mass is 257 g/mol. The molecule has 0 aliphatic carbocycles. The van der Waals surface area contributed by atoms with E-state index in [1.165, 1.54) is 0 Å². The van der Waals surface area contributed by atoms with Crippen molar-refractivity contribution in [3.8, 4) is 0 Å². The zero-order valence-electron chi connectivity index (χ0n) is 12.7. The van der Waals surface area contributed by atoms with Gasteiger partial charge in [0.15, 0.2) is 5.78 Å². The molecule has 106 valence electrons. The molecule has 0 aromatic heterocycles. The highest BCUT2D eigenvalue weighted by Gasteiger charge is 2.32. The van der Waals surface area contributed by atoms with Crippen LogP contribution in [0.25, 0.3) is 0 Å². The summed E-state index contributed by atoms with van der Waals surface area (Å²) in [6.07, 6.45) is 0.670. The highest BCUT2D eigenvalue weighted by atomic mass is 16.5. The molecule has 18 heavy (non-hydrogen) atoms. The van der Waals surface area contributed by atoms with Gasteiger partial charge >= 0.3 is 0 Å². The normalized spacial score (nSPS) is 14.2. The standard InChI is InChI=1S/C14H27NO3/c1-8-10(16)12(13(2,3)4)15-11(17)9-14(5,6)18-7/h12H,8-9H2,1-7H3,(H,15,17). The quantitative estimate of drug-likeness (QED) is 0.794. The Bertz CT molecular complexity index is 303. The third kappa shape index (κ3) is 5.63. The third-order valence-corrected chi connectivity index (χ3v) is 2.98. The minimum atomic E-state index is -0.512.